The Kier molecular flexibility index (Phi) is 79.5. The van der Waals surface area contributed by atoms with Crippen LogP contribution in [-0.4, -0.2) is 52.6 Å². The van der Waals surface area contributed by atoms with Gasteiger partial charge in [-0.15, -0.1) is 0 Å². The highest BCUT2D eigenvalue weighted by Gasteiger charge is 1.69. The molecule has 0 bridgehead atoms. The van der Waals surface area contributed by atoms with E-state index >= 15 is 0 Å². The Morgan fingerprint density at radius 2 is 1.12 bits per heavy atom. The number of ketones is 1. The molecule has 0 aliphatic rings. The molecule has 5 nitrogen and oxygen atoms in total. The molecule has 17 heavy (non-hydrogen) atoms. The number of aliphatic hydroxyl groups excluding tert-OH is 4. The van der Waals surface area contributed by atoms with Crippen LogP contribution in [0.3, 0.4) is 0 Å². The van der Waals surface area contributed by atoms with Crippen LogP contribution in [0.4, 0.5) is 0 Å². The first-order valence-corrected chi connectivity index (χ1v) is 5.61. The van der Waals surface area contributed by atoms with Crippen LogP contribution < -0.4 is 0 Å². The summed E-state index contributed by atoms with van der Waals surface area (Å²) in [5.74, 6) is 0.167. The van der Waals surface area contributed by atoms with Gasteiger partial charge in [-0.05, 0) is 41.0 Å². The molecule has 0 aromatic rings. The molecule has 0 radical (unpaired) electrons. The summed E-state index contributed by atoms with van der Waals surface area (Å²) in [4.78, 5) is 9.44. The zero-order valence-corrected chi connectivity index (χ0v) is 12.4. The Hall–Kier alpha value is -0.490. The van der Waals surface area contributed by atoms with Crippen molar-refractivity contribution in [3.63, 3.8) is 0 Å². The van der Waals surface area contributed by atoms with Gasteiger partial charge in [-0.3, -0.25) is 0 Å². The maximum atomic E-state index is 9.44. The summed E-state index contributed by atoms with van der Waals surface area (Å²) in [6.07, 6.45) is 0.708. The molecule has 0 heterocycles. The van der Waals surface area contributed by atoms with Gasteiger partial charge in [-0.2, -0.15) is 0 Å². The van der Waals surface area contributed by atoms with Gasteiger partial charge in [0, 0.05) is 26.4 Å². The molecular weight excluding hydrogens is 224 g/mol. The summed E-state index contributed by atoms with van der Waals surface area (Å²) in [6.45, 7) is 10.7. The molecule has 4 N–H and O–H groups in total. The maximum Gasteiger partial charge on any atom is 0.126 e. The predicted molar refractivity (Wildman–Crippen MR) is 72.0 cm³/mol. The highest BCUT2D eigenvalue weighted by molar-refractivity contribution is 5.72. The van der Waals surface area contributed by atoms with E-state index in [0.717, 1.165) is 13.5 Å². The van der Waals surface area contributed by atoms with Crippen molar-refractivity contribution in [3.05, 3.63) is 0 Å². The minimum absolute atomic E-state index is 0.167. The Morgan fingerprint density at radius 3 is 1.12 bits per heavy atom. The van der Waals surface area contributed by atoms with Crippen LogP contribution >= 0.6 is 0 Å². The predicted octanol–water partition coefficient (Wildman–Crippen LogP) is 0.978. The second-order valence-electron chi connectivity index (χ2n) is 3.04. The molecule has 0 aromatic heterocycles. The van der Waals surface area contributed by atoms with Gasteiger partial charge in [0.2, 0.25) is 0 Å². The number of hydrogen-bond donors (Lipinski definition) is 4. The van der Waals surface area contributed by atoms with Crippen LogP contribution in [0.2, 0.25) is 0 Å². The van der Waals surface area contributed by atoms with Gasteiger partial charge >= 0.3 is 0 Å². The van der Waals surface area contributed by atoms with Crippen LogP contribution in [0.5, 0.6) is 0 Å². The molecule has 0 saturated heterocycles. The summed E-state index contributed by atoms with van der Waals surface area (Å²) in [7, 11) is 1.00. The Balaban J connectivity index is -0.0000000361. The van der Waals surface area contributed by atoms with Gasteiger partial charge in [-0.25, -0.2) is 0 Å². The van der Waals surface area contributed by atoms with Crippen LogP contribution in [0.25, 0.3) is 0 Å². The van der Waals surface area contributed by atoms with Gasteiger partial charge < -0.3 is 25.2 Å². The monoisotopic (exact) mass is 256 g/mol. The fraction of sp³-hybridized carbons (Fsp3) is 0.917. The minimum atomic E-state index is -0.167. The molecule has 0 aliphatic heterocycles. The molecule has 0 saturated carbocycles. The van der Waals surface area contributed by atoms with Gasteiger partial charge in [0.25, 0.3) is 0 Å². The summed E-state index contributed by atoms with van der Waals surface area (Å²) in [5, 5.41) is 30.5. The number of aliphatic hydroxyl groups is 4. The molecule has 0 fully saturated rings. The summed E-state index contributed by atoms with van der Waals surface area (Å²) < 4.78 is 0. The first-order chi connectivity index (χ1) is 7.79. The quantitative estimate of drug-likeness (QED) is 0.560. The third-order valence-electron chi connectivity index (χ3n) is 0.224. The summed E-state index contributed by atoms with van der Waals surface area (Å²) >= 11 is 0. The molecule has 0 rings (SSSR count). The molecule has 5 heteroatoms. The maximum absolute atomic E-state index is 9.44. The van der Waals surface area contributed by atoms with E-state index in [0.29, 0.717) is 6.61 Å². The second kappa shape index (κ2) is 45.1. The smallest absolute Gasteiger partial charge is 0.126 e. The fourth-order valence-electron chi connectivity index (χ4n) is 0. The van der Waals surface area contributed by atoms with E-state index in [-0.39, 0.29) is 18.5 Å². The molecule has 0 atom stereocenters. The molecule has 0 unspecified atom stereocenters. The fourth-order valence-corrected chi connectivity index (χ4v) is 0. The Labute approximate surface area is 106 Å². The third kappa shape index (κ3) is 10900. The number of rotatable bonds is 1. The van der Waals surface area contributed by atoms with E-state index in [1.807, 2.05) is 6.92 Å². The first-order valence-electron chi connectivity index (χ1n) is 5.61. The van der Waals surface area contributed by atoms with Gasteiger partial charge in [0.1, 0.15) is 5.78 Å². The van der Waals surface area contributed by atoms with Crippen molar-refractivity contribution in [2.45, 2.75) is 54.1 Å². The lowest BCUT2D eigenvalue weighted by molar-refractivity contribution is -0.114. The first kappa shape index (κ1) is 30.0. The van der Waals surface area contributed by atoms with Gasteiger partial charge in [0.05, 0.1) is 0 Å². The summed E-state index contributed by atoms with van der Waals surface area (Å²) in [6, 6.07) is 0. The van der Waals surface area contributed by atoms with Crippen LogP contribution in [0.15, 0.2) is 0 Å². The highest BCUT2D eigenvalue weighted by atomic mass is 16.3. The molecule has 0 aromatic carbocycles. The highest BCUT2D eigenvalue weighted by Crippen LogP contribution is 1.65. The van der Waals surface area contributed by atoms with Gasteiger partial charge in [0.15, 0.2) is 0 Å². The Morgan fingerprint density at radius 1 is 1.06 bits per heavy atom. The lowest BCUT2D eigenvalue weighted by Gasteiger charge is -1.80. The van der Waals surface area contributed by atoms with Crippen molar-refractivity contribution in [3.8, 4) is 0 Å². The van der Waals surface area contributed by atoms with E-state index in [2.05, 4.69) is 0 Å². The van der Waals surface area contributed by atoms with Gasteiger partial charge in [-0.1, -0.05) is 6.92 Å². The van der Waals surface area contributed by atoms with Crippen molar-refractivity contribution in [1.82, 2.24) is 0 Å². The van der Waals surface area contributed by atoms with Crippen molar-refractivity contribution < 1.29 is 25.2 Å². The number of carbonyl (C=O) groups excluding carboxylic acids is 1. The van der Waals surface area contributed by atoms with E-state index in [4.69, 9.17) is 20.4 Å². The lowest BCUT2D eigenvalue weighted by Crippen LogP contribution is -1.85. The molecular formula is C12H32O5. The third-order valence-corrected chi connectivity index (χ3v) is 0.224. The topological polar surface area (TPSA) is 98.0 Å². The van der Waals surface area contributed by atoms with Crippen molar-refractivity contribution in [1.29, 1.82) is 0 Å². The summed E-state index contributed by atoms with van der Waals surface area (Å²) in [5.41, 5.74) is 0. The molecule has 0 spiro atoms. The zero-order chi connectivity index (χ0) is 15.3. The average Bonchev–Trinajstić information content (AvgIpc) is 2.20. The van der Waals surface area contributed by atoms with Crippen molar-refractivity contribution >= 4 is 5.78 Å². The minimum Gasteiger partial charge on any atom is -0.400 e. The number of carbonyl (C=O) groups is 1. The molecule has 110 valence electrons. The van der Waals surface area contributed by atoms with Crippen molar-refractivity contribution in [2.75, 3.05) is 20.3 Å². The van der Waals surface area contributed by atoms with E-state index in [1.165, 1.54) is 13.8 Å². The lowest BCUT2D eigenvalue weighted by atomic mass is 10.5. The number of Topliss-reactive ketones (excluding diaryl/α,β-unsaturated/α-hetero) is 1. The SMILES string of the molecule is CC(C)=O.CC(C)O.CCCO.CCO.CO. The van der Waals surface area contributed by atoms with Crippen molar-refractivity contribution in [2.24, 2.45) is 0 Å². The van der Waals surface area contributed by atoms with Crippen LogP contribution in [-0.2, 0) is 4.79 Å². The van der Waals surface area contributed by atoms with E-state index in [9.17, 15) is 4.79 Å². The standard InChI is InChI=1S/C3H8O.C3H6O.C3H8O.C2H6O.CH4O/c2*1-3(2)4;1-2-3-4;1-2-3;1-2/h3-4H,1-2H3;1-2H3;4H,2-3H2,1H3;3H,2H2,1H3;2H,1H3. The molecule has 0 aliphatic carbocycles. The molecule has 0 amide bonds. The Bertz CT molecular complexity index is 86.1. The van der Waals surface area contributed by atoms with Crippen LogP contribution in [0, 0.1) is 0 Å². The number of hydrogen-bond acceptors (Lipinski definition) is 5. The average molecular weight is 256 g/mol. The second-order valence-corrected chi connectivity index (χ2v) is 3.04. The largest absolute Gasteiger partial charge is 0.400 e. The normalized spacial score (nSPS) is 6.82. The van der Waals surface area contributed by atoms with E-state index < -0.39 is 0 Å². The van der Waals surface area contributed by atoms with E-state index in [1.54, 1.807) is 20.8 Å². The van der Waals surface area contributed by atoms with Crippen LogP contribution in [0.1, 0.15) is 48.0 Å². The zero-order valence-electron chi connectivity index (χ0n) is 12.4.